The molecule has 0 aromatic carbocycles. The highest BCUT2D eigenvalue weighted by molar-refractivity contribution is 5.07. The van der Waals surface area contributed by atoms with Crippen molar-refractivity contribution < 1.29 is 9.84 Å². The quantitative estimate of drug-likeness (QED) is 0.732. The van der Waals surface area contributed by atoms with Gasteiger partial charge in [-0.05, 0) is 120 Å². The molecule has 0 aromatic heterocycles. The van der Waals surface area contributed by atoms with Gasteiger partial charge in [0.25, 0.3) is 0 Å². The van der Waals surface area contributed by atoms with Gasteiger partial charge in [0.1, 0.15) is 0 Å². The smallest absolute Gasteiger partial charge is 0.0631 e. The molecule has 3 heteroatoms. The molecule has 156 valence electrons. The zero-order valence-electron chi connectivity index (χ0n) is 18.2. The fourth-order valence-electron chi connectivity index (χ4n) is 7.81. The molecule has 3 unspecified atom stereocenters. The van der Waals surface area contributed by atoms with Crippen LogP contribution in [-0.2, 0) is 4.74 Å². The number of ether oxygens (including phenoxy) is 1. The Morgan fingerprint density at radius 1 is 0.963 bits per heavy atom. The topological polar surface area (TPSA) is 55.5 Å². The lowest BCUT2D eigenvalue weighted by Crippen LogP contribution is -2.53. The van der Waals surface area contributed by atoms with Gasteiger partial charge in [-0.2, -0.15) is 0 Å². The minimum absolute atomic E-state index is 0.0873. The first-order valence-electron chi connectivity index (χ1n) is 11.7. The molecule has 0 radical (unpaired) electrons. The minimum atomic E-state index is -0.618. The second-order valence-electron chi connectivity index (χ2n) is 11.9. The third kappa shape index (κ3) is 3.85. The Kier molecular flexibility index (Phi) is 5.22. The second kappa shape index (κ2) is 6.99. The molecule has 4 fully saturated rings. The molecular formula is C24H43NO2. The van der Waals surface area contributed by atoms with Crippen LogP contribution in [0.1, 0.15) is 91.9 Å². The summed E-state index contributed by atoms with van der Waals surface area (Å²) in [6.07, 6.45) is 13.2. The van der Waals surface area contributed by atoms with Crippen molar-refractivity contribution in [2.24, 2.45) is 40.7 Å². The van der Waals surface area contributed by atoms with Crippen LogP contribution in [-0.4, -0.2) is 29.0 Å². The predicted octanol–water partition coefficient (Wildman–Crippen LogP) is 4.90. The lowest BCUT2D eigenvalue weighted by molar-refractivity contribution is -0.108. The first-order chi connectivity index (χ1) is 12.6. The number of hydrogen-bond donors (Lipinski definition) is 2. The number of nitrogens with two attached hydrogens (primary N) is 1. The predicted molar refractivity (Wildman–Crippen MR) is 110 cm³/mol. The van der Waals surface area contributed by atoms with Crippen molar-refractivity contribution in [2.75, 3.05) is 6.61 Å². The SMILES string of the molecule is CC(C)(O)CCO[C@H]1CCC2C3CC[C@H]4C[C@@](C)(N)CC[C@@H]4C3CC[C@@]21C. The Morgan fingerprint density at radius 2 is 1.70 bits per heavy atom. The van der Waals surface area contributed by atoms with E-state index in [0.29, 0.717) is 18.1 Å². The van der Waals surface area contributed by atoms with Crippen molar-refractivity contribution in [2.45, 2.75) is 109 Å². The molecule has 4 aliphatic carbocycles. The highest BCUT2D eigenvalue weighted by Crippen LogP contribution is 2.63. The molecule has 3 N–H and O–H groups in total. The van der Waals surface area contributed by atoms with Crippen LogP contribution in [0.3, 0.4) is 0 Å². The van der Waals surface area contributed by atoms with Crippen LogP contribution in [0.2, 0.25) is 0 Å². The second-order valence-corrected chi connectivity index (χ2v) is 11.9. The van der Waals surface area contributed by atoms with Gasteiger partial charge in [0.2, 0.25) is 0 Å². The highest BCUT2D eigenvalue weighted by Gasteiger charge is 2.57. The lowest BCUT2D eigenvalue weighted by atomic mass is 9.49. The number of fused-ring (bicyclic) bond motifs is 5. The van der Waals surface area contributed by atoms with Gasteiger partial charge in [0.05, 0.1) is 11.7 Å². The van der Waals surface area contributed by atoms with Gasteiger partial charge in [-0.15, -0.1) is 0 Å². The molecule has 0 aliphatic heterocycles. The van der Waals surface area contributed by atoms with E-state index in [-0.39, 0.29) is 5.54 Å². The van der Waals surface area contributed by atoms with Gasteiger partial charge < -0.3 is 15.6 Å². The van der Waals surface area contributed by atoms with Crippen molar-refractivity contribution in [1.29, 1.82) is 0 Å². The van der Waals surface area contributed by atoms with Gasteiger partial charge in [-0.25, -0.2) is 0 Å². The van der Waals surface area contributed by atoms with E-state index in [4.69, 9.17) is 10.5 Å². The largest absolute Gasteiger partial charge is 0.390 e. The molecule has 0 amide bonds. The van der Waals surface area contributed by atoms with E-state index in [2.05, 4.69) is 13.8 Å². The summed E-state index contributed by atoms with van der Waals surface area (Å²) in [4.78, 5) is 0. The van der Waals surface area contributed by atoms with Crippen molar-refractivity contribution in [3.63, 3.8) is 0 Å². The summed E-state index contributed by atoms with van der Waals surface area (Å²) in [5, 5.41) is 10.0. The maximum atomic E-state index is 10.0. The molecule has 0 heterocycles. The van der Waals surface area contributed by atoms with Gasteiger partial charge >= 0.3 is 0 Å². The summed E-state index contributed by atoms with van der Waals surface area (Å²) >= 11 is 0. The Morgan fingerprint density at radius 3 is 2.44 bits per heavy atom. The van der Waals surface area contributed by atoms with Gasteiger partial charge in [-0.3, -0.25) is 0 Å². The van der Waals surface area contributed by atoms with Crippen molar-refractivity contribution in [1.82, 2.24) is 0 Å². The maximum absolute atomic E-state index is 10.0. The van der Waals surface area contributed by atoms with E-state index in [0.717, 1.165) is 36.0 Å². The van der Waals surface area contributed by atoms with Gasteiger partial charge in [0.15, 0.2) is 0 Å². The summed E-state index contributed by atoms with van der Waals surface area (Å²) in [5.74, 6) is 4.57. The van der Waals surface area contributed by atoms with E-state index in [1.165, 1.54) is 57.8 Å². The summed E-state index contributed by atoms with van der Waals surface area (Å²) in [6.45, 7) is 9.27. The van der Waals surface area contributed by atoms with Gasteiger partial charge in [-0.1, -0.05) is 6.92 Å². The molecule has 0 aromatic rings. The fourth-order valence-corrected chi connectivity index (χ4v) is 7.81. The van der Waals surface area contributed by atoms with Crippen LogP contribution in [0.15, 0.2) is 0 Å². The van der Waals surface area contributed by atoms with E-state index < -0.39 is 5.60 Å². The zero-order chi connectivity index (χ0) is 19.4. The number of rotatable bonds is 4. The van der Waals surface area contributed by atoms with E-state index >= 15 is 0 Å². The van der Waals surface area contributed by atoms with Crippen molar-refractivity contribution >= 4 is 0 Å². The third-order valence-corrected chi connectivity index (χ3v) is 9.24. The number of hydrogen-bond acceptors (Lipinski definition) is 3. The Balaban J connectivity index is 1.42. The van der Waals surface area contributed by atoms with Crippen LogP contribution < -0.4 is 5.73 Å². The van der Waals surface area contributed by atoms with E-state index in [1.807, 2.05) is 13.8 Å². The summed E-state index contributed by atoms with van der Waals surface area (Å²) in [7, 11) is 0. The molecule has 27 heavy (non-hydrogen) atoms. The highest BCUT2D eigenvalue weighted by atomic mass is 16.5. The first-order valence-corrected chi connectivity index (χ1v) is 11.7. The monoisotopic (exact) mass is 377 g/mol. The average molecular weight is 378 g/mol. The average Bonchev–Trinajstić information content (AvgIpc) is 2.89. The fraction of sp³-hybridized carbons (Fsp3) is 1.00. The molecule has 4 saturated carbocycles. The molecule has 0 bridgehead atoms. The number of aliphatic hydroxyl groups is 1. The molecular weight excluding hydrogens is 334 g/mol. The molecule has 0 spiro atoms. The minimum Gasteiger partial charge on any atom is -0.390 e. The molecule has 0 saturated heterocycles. The van der Waals surface area contributed by atoms with Crippen LogP contribution in [0.4, 0.5) is 0 Å². The molecule has 8 atom stereocenters. The third-order valence-electron chi connectivity index (χ3n) is 9.24. The molecule has 4 rings (SSSR count). The summed E-state index contributed by atoms with van der Waals surface area (Å²) < 4.78 is 6.39. The van der Waals surface area contributed by atoms with Crippen molar-refractivity contribution in [3.8, 4) is 0 Å². The Bertz CT molecular complexity index is 539. The van der Waals surface area contributed by atoms with Crippen LogP contribution in [0.25, 0.3) is 0 Å². The van der Waals surface area contributed by atoms with Gasteiger partial charge in [0, 0.05) is 12.1 Å². The first kappa shape index (κ1) is 20.2. The maximum Gasteiger partial charge on any atom is 0.0631 e. The lowest BCUT2D eigenvalue weighted by Gasteiger charge is -2.57. The standard InChI is InChI=1S/C24H43NO2/c1-22(2,26)13-14-27-21-8-7-20-19-6-5-16-15-23(3,25)11-9-17(16)18(19)10-12-24(20,21)4/h16-21,26H,5-15,25H2,1-4H3/t16-,17-,18?,19?,20?,21-,23-,24-/m0/s1. The molecule has 4 aliphatic rings. The van der Waals surface area contributed by atoms with Crippen LogP contribution in [0, 0.1) is 35.0 Å². The van der Waals surface area contributed by atoms with Crippen LogP contribution in [0.5, 0.6) is 0 Å². The summed E-state index contributed by atoms with van der Waals surface area (Å²) in [6, 6.07) is 0. The Labute approximate surface area is 166 Å². The normalized spacial score (nSPS) is 50.0. The van der Waals surface area contributed by atoms with E-state index in [9.17, 15) is 5.11 Å². The van der Waals surface area contributed by atoms with Crippen molar-refractivity contribution in [3.05, 3.63) is 0 Å². The zero-order valence-corrected chi connectivity index (χ0v) is 18.2. The molecule has 3 nitrogen and oxygen atoms in total. The van der Waals surface area contributed by atoms with Crippen LogP contribution >= 0.6 is 0 Å². The Hall–Kier alpha value is -0.120. The summed E-state index contributed by atoms with van der Waals surface area (Å²) in [5.41, 5.74) is 6.36. The van der Waals surface area contributed by atoms with E-state index in [1.54, 1.807) is 0 Å².